The summed E-state index contributed by atoms with van der Waals surface area (Å²) in [5, 5.41) is 0. The van der Waals surface area contributed by atoms with E-state index in [9.17, 15) is 4.55 Å². The molecule has 0 N–H and O–H groups in total. The first-order valence-electron chi connectivity index (χ1n) is 11.9. The van der Waals surface area contributed by atoms with E-state index >= 15 is 0 Å². The molecule has 0 radical (unpaired) electrons. The molecule has 1 aromatic rings. The third-order valence-electron chi connectivity index (χ3n) is 6.31. The second kappa shape index (κ2) is 12.1. The number of benzene rings is 1. The molecule has 168 valence electrons. The SMILES string of the molecule is C=CC[C@]1(Cc2cccc(C)c2)CCCCCCCCCC/C1=N\[S+]([O-])C(C)(C)C. The molecule has 0 bridgehead atoms. The first-order chi connectivity index (χ1) is 14.3. The van der Waals surface area contributed by atoms with E-state index in [0.717, 1.165) is 32.1 Å². The van der Waals surface area contributed by atoms with Crippen LogP contribution in [0.2, 0.25) is 0 Å². The highest BCUT2D eigenvalue weighted by molar-refractivity contribution is 7.91. The van der Waals surface area contributed by atoms with Crippen molar-refractivity contribution >= 4 is 17.1 Å². The fourth-order valence-electron chi connectivity index (χ4n) is 4.58. The second-order valence-electron chi connectivity index (χ2n) is 10.2. The van der Waals surface area contributed by atoms with Crippen LogP contribution in [0.25, 0.3) is 0 Å². The number of rotatable bonds is 5. The van der Waals surface area contributed by atoms with Crippen molar-refractivity contribution < 1.29 is 4.55 Å². The Bertz CT molecular complexity index is 690. The Kier molecular flexibility index (Phi) is 10.2. The predicted molar refractivity (Wildman–Crippen MR) is 134 cm³/mol. The van der Waals surface area contributed by atoms with Gasteiger partial charge in [0.25, 0.3) is 0 Å². The molecule has 1 aliphatic rings. The lowest BCUT2D eigenvalue weighted by atomic mass is 9.69. The topological polar surface area (TPSA) is 35.4 Å². The zero-order chi connectivity index (χ0) is 22.0. The van der Waals surface area contributed by atoms with Gasteiger partial charge in [-0.25, -0.2) is 0 Å². The van der Waals surface area contributed by atoms with E-state index in [0.29, 0.717) is 0 Å². The molecule has 1 aromatic carbocycles. The highest BCUT2D eigenvalue weighted by Crippen LogP contribution is 2.39. The van der Waals surface area contributed by atoms with Crippen molar-refractivity contribution in [1.82, 2.24) is 0 Å². The Morgan fingerprint density at radius 2 is 1.70 bits per heavy atom. The summed E-state index contributed by atoms with van der Waals surface area (Å²) < 4.78 is 17.7. The van der Waals surface area contributed by atoms with Gasteiger partial charge in [-0.3, -0.25) is 0 Å². The van der Waals surface area contributed by atoms with Gasteiger partial charge in [-0.05, 0) is 65.4 Å². The van der Waals surface area contributed by atoms with Crippen molar-refractivity contribution in [2.75, 3.05) is 0 Å². The number of nitrogens with zero attached hydrogens (tertiary/aromatic N) is 1. The first kappa shape index (κ1) is 25.2. The molecule has 0 saturated heterocycles. The zero-order valence-electron chi connectivity index (χ0n) is 19.8. The smallest absolute Gasteiger partial charge is 0.144 e. The molecule has 3 heteroatoms. The molecule has 30 heavy (non-hydrogen) atoms. The molecular weight excluding hydrogens is 386 g/mol. The van der Waals surface area contributed by atoms with E-state index in [1.165, 1.54) is 61.8 Å². The van der Waals surface area contributed by atoms with Crippen molar-refractivity contribution in [3.63, 3.8) is 0 Å². The summed E-state index contributed by atoms with van der Waals surface area (Å²) in [6, 6.07) is 8.87. The molecule has 0 aliphatic heterocycles. The minimum absolute atomic E-state index is 0.0738. The highest BCUT2D eigenvalue weighted by Gasteiger charge is 2.38. The van der Waals surface area contributed by atoms with Gasteiger partial charge >= 0.3 is 0 Å². The van der Waals surface area contributed by atoms with Crippen LogP contribution in [-0.4, -0.2) is 15.0 Å². The molecule has 1 saturated carbocycles. The summed E-state index contributed by atoms with van der Waals surface area (Å²) in [6.07, 6.45) is 16.2. The molecule has 0 heterocycles. The third-order valence-corrected chi connectivity index (χ3v) is 7.74. The zero-order valence-corrected chi connectivity index (χ0v) is 20.7. The van der Waals surface area contributed by atoms with Crippen molar-refractivity contribution in [2.45, 2.75) is 109 Å². The lowest BCUT2D eigenvalue weighted by Gasteiger charge is -2.35. The van der Waals surface area contributed by atoms with Crippen LogP contribution < -0.4 is 0 Å². The molecule has 0 aromatic heterocycles. The minimum atomic E-state index is -1.22. The largest absolute Gasteiger partial charge is 0.591 e. The standard InChI is InChI=1S/C27H43NOS/c1-6-19-27(22-24-17-15-16-23(2)21-24)20-14-12-10-8-7-9-11-13-18-25(27)28-30(29)26(3,4)5/h6,15-17,21H,1,7-14,18-20,22H2,2-5H3/b28-25+/t27-,30?/m1/s1. The van der Waals surface area contributed by atoms with Crippen molar-refractivity contribution in [1.29, 1.82) is 0 Å². The van der Waals surface area contributed by atoms with Gasteiger partial charge in [0.1, 0.15) is 16.1 Å². The quantitative estimate of drug-likeness (QED) is 0.346. The Morgan fingerprint density at radius 3 is 2.30 bits per heavy atom. The summed E-state index contributed by atoms with van der Waals surface area (Å²) in [4.78, 5) is 0. The summed E-state index contributed by atoms with van der Waals surface area (Å²) in [5.41, 5.74) is 3.76. The molecule has 2 atom stereocenters. The molecule has 1 aliphatic carbocycles. The molecule has 1 unspecified atom stereocenters. The Labute approximate surface area is 189 Å². The van der Waals surface area contributed by atoms with Crippen molar-refractivity contribution in [3.05, 3.63) is 48.0 Å². The van der Waals surface area contributed by atoms with Crippen LogP contribution in [0.5, 0.6) is 0 Å². The van der Waals surface area contributed by atoms with E-state index in [-0.39, 0.29) is 10.2 Å². The molecule has 1 fully saturated rings. The highest BCUT2D eigenvalue weighted by atomic mass is 32.2. The van der Waals surface area contributed by atoms with E-state index < -0.39 is 11.4 Å². The van der Waals surface area contributed by atoms with Gasteiger partial charge < -0.3 is 4.55 Å². The maximum Gasteiger partial charge on any atom is 0.144 e. The number of hydrogen-bond acceptors (Lipinski definition) is 2. The molecule has 0 amide bonds. The molecule has 2 rings (SSSR count). The number of allylic oxidation sites excluding steroid dienone is 1. The van der Waals surface area contributed by atoms with Crippen LogP contribution in [0.1, 0.15) is 103 Å². The Hall–Kier alpha value is -1.06. The van der Waals surface area contributed by atoms with Crippen LogP contribution >= 0.6 is 0 Å². The van der Waals surface area contributed by atoms with E-state index in [1.54, 1.807) is 0 Å². The maximum absolute atomic E-state index is 13.1. The average molecular weight is 430 g/mol. The van der Waals surface area contributed by atoms with Crippen LogP contribution in [0.15, 0.2) is 41.3 Å². The van der Waals surface area contributed by atoms with Gasteiger partial charge in [-0.1, -0.05) is 85.2 Å². The third kappa shape index (κ3) is 7.89. The molecule has 0 spiro atoms. The van der Waals surface area contributed by atoms with Crippen LogP contribution in [0, 0.1) is 12.3 Å². The van der Waals surface area contributed by atoms with Gasteiger partial charge in [0.05, 0.1) is 5.71 Å². The van der Waals surface area contributed by atoms with Crippen LogP contribution in [-0.2, 0) is 17.8 Å². The Balaban J connectivity index is 2.48. The lowest BCUT2D eigenvalue weighted by molar-refractivity contribution is 0.356. The summed E-state index contributed by atoms with van der Waals surface area (Å²) in [5.74, 6) is 0. The van der Waals surface area contributed by atoms with Gasteiger partial charge in [0.15, 0.2) is 0 Å². The number of hydrogen-bond donors (Lipinski definition) is 0. The number of aryl methyl sites for hydroxylation is 1. The second-order valence-corrected chi connectivity index (χ2v) is 12.1. The van der Waals surface area contributed by atoms with E-state index in [2.05, 4.69) is 43.8 Å². The monoisotopic (exact) mass is 429 g/mol. The molecular formula is C27H43NOS. The van der Waals surface area contributed by atoms with E-state index in [4.69, 9.17) is 4.40 Å². The summed E-state index contributed by atoms with van der Waals surface area (Å²) in [7, 11) is 0. The minimum Gasteiger partial charge on any atom is -0.591 e. The maximum atomic E-state index is 13.1. The van der Waals surface area contributed by atoms with E-state index in [1.807, 2.05) is 20.8 Å². The average Bonchev–Trinajstić information content (AvgIpc) is 2.66. The predicted octanol–water partition coefficient (Wildman–Crippen LogP) is 7.92. The van der Waals surface area contributed by atoms with Gasteiger partial charge in [0.2, 0.25) is 0 Å². The van der Waals surface area contributed by atoms with Gasteiger partial charge in [-0.2, -0.15) is 0 Å². The Morgan fingerprint density at radius 1 is 1.07 bits per heavy atom. The van der Waals surface area contributed by atoms with Gasteiger partial charge in [-0.15, -0.1) is 6.58 Å². The molecule has 2 nitrogen and oxygen atoms in total. The van der Waals surface area contributed by atoms with Crippen LogP contribution in [0.3, 0.4) is 0 Å². The van der Waals surface area contributed by atoms with Gasteiger partial charge in [0, 0.05) is 5.41 Å². The van der Waals surface area contributed by atoms with Crippen molar-refractivity contribution in [3.8, 4) is 0 Å². The fourth-order valence-corrected chi connectivity index (χ4v) is 5.34. The summed E-state index contributed by atoms with van der Waals surface area (Å²) >= 11 is -1.22. The normalized spacial score (nSPS) is 24.6. The lowest BCUT2D eigenvalue weighted by Crippen LogP contribution is -2.36. The summed E-state index contributed by atoms with van der Waals surface area (Å²) in [6.45, 7) is 12.4. The fraction of sp³-hybridized carbons (Fsp3) is 0.667. The van der Waals surface area contributed by atoms with Crippen molar-refractivity contribution in [2.24, 2.45) is 9.81 Å². The first-order valence-corrected chi connectivity index (χ1v) is 13.0. The van der Waals surface area contributed by atoms with Crippen LogP contribution in [0.4, 0.5) is 0 Å².